The van der Waals surface area contributed by atoms with Gasteiger partial charge >= 0.3 is 5.97 Å². The van der Waals surface area contributed by atoms with Crippen LogP contribution in [0.15, 0.2) is 72.2 Å². The van der Waals surface area contributed by atoms with Crippen molar-refractivity contribution in [2.24, 2.45) is 52.0 Å². The van der Waals surface area contributed by atoms with Crippen LogP contribution in [0.5, 0.6) is 5.75 Å². The first-order valence-corrected chi connectivity index (χ1v) is 32.1. The van der Waals surface area contributed by atoms with Gasteiger partial charge in [0.1, 0.15) is 5.75 Å². The molecule has 25 heteroatoms. The predicted octanol–water partition coefficient (Wildman–Crippen LogP) is 4.64. The number of hydrogen-bond donors (Lipinski definition) is 11. The second kappa shape index (κ2) is 37.0. The molecule has 5 amide bonds. The van der Waals surface area contributed by atoms with Gasteiger partial charge in [-0.2, -0.15) is 0 Å². The molecule has 25 nitrogen and oxygen atoms in total. The molecule has 2 aromatic carbocycles. The lowest BCUT2D eigenvalue weighted by atomic mass is 9.86. The highest BCUT2D eigenvalue weighted by atomic mass is 16.4. The van der Waals surface area contributed by atoms with E-state index in [-0.39, 0.29) is 124 Å². The van der Waals surface area contributed by atoms with Gasteiger partial charge in [-0.3, -0.25) is 57.7 Å². The van der Waals surface area contributed by atoms with Crippen LogP contribution in [0, 0.1) is 35.5 Å². The lowest BCUT2D eigenvalue weighted by Gasteiger charge is -2.30. The number of aliphatic imine (C=N–C) groups is 1. The number of aromatic nitrogens is 3. The topological polar surface area (TPSA) is 409 Å². The van der Waals surface area contributed by atoms with Crippen LogP contribution in [-0.2, 0) is 72.0 Å². The van der Waals surface area contributed by atoms with Gasteiger partial charge in [-0.1, -0.05) is 71.9 Å². The molecule has 6 rings (SSSR count). The molecule has 4 heterocycles. The van der Waals surface area contributed by atoms with Crippen LogP contribution < -0.4 is 32.7 Å². The molecule has 2 fully saturated rings. The highest BCUT2D eigenvalue weighted by Gasteiger charge is 2.40. The van der Waals surface area contributed by atoms with Crippen LogP contribution in [0.2, 0.25) is 0 Å². The normalized spacial score (nSPS) is 16.8. The third-order valence-corrected chi connectivity index (χ3v) is 16.6. The number of fused-ring (bicyclic) bond motifs is 1. The number of amides is 5. The van der Waals surface area contributed by atoms with Crippen molar-refractivity contribution in [2.75, 3.05) is 19.7 Å². The molecule has 0 spiro atoms. The van der Waals surface area contributed by atoms with E-state index in [2.05, 4.69) is 41.2 Å². The Morgan fingerprint density at radius 2 is 1.34 bits per heavy atom. The molecule has 9 atom stereocenters. The monoisotopic (exact) mass is 1280 g/mol. The van der Waals surface area contributed by atoms with Gasteiger partial charge in [-0.05, 0) is 98.9 Å². The standard InChI is InChI=1S/C64H89N11O12.C3H6O2/c1-6-11-54(78)53-15-10-23-75(53)63(87)40(12-9-22-68-64(65)66)29-56(80)50(25-38(4)5)72-60(84)41(24-37(2)3)30-57(81)51(26-39-16-18-46(77)19-17-39)73-62(86)44(35-76)32-58(82)52(28-43-33-69-48-14-8-7-13-47(43)48)74-61(85)42(27-45-34-67-36-70-45)31-55(79)49-20-21-59(83)71-49;1-2-3(4)5/h7-8,13-14,16-19,33-34,36-38,40-42,44,49-53,69,76-77H,6,9-12,15,20-32,35H2,1-5H3,(H,67,70)(H,71,83)(H,72,84)(H,73,86)(H,74,85)(H4,65,66,68);2H2,1H3,(H,4,5)/t40-,41+,42-,44+,49+,50+,51+,52+,53+;/m1./s1. The van der Waals surface area contributed by atoms with Crippen LogP contribution in [0.25, 0.3) is 10.9 Å². The molecular weight excluding hydrogens is 1180 g/mol. The zero-order chi connectivity index (χ0) is 67.6. The summed E-state index contributed by atoms with van der Waals surface area (Å²) in [5.41, 5.74) is 13.6. The summed E-state index contributed by atoms with van der Waals surface area (Å²) in [5, 5.41) is 40.8. The van der Waals surface area contributed by atoms with E-state index < -0.39 is 114 Å². The predicted molar refractivity (Wildman–Crippen MR) is 344 cm³/mol. The SMILES string of the molecule is CCC(=O)O.CCCC(=O)[C@@H]1CCCN1C(=O)[C@H](CCCN=C(N)N)CC(=O)[C@H](CC(C)C)NC(=O)[C@H](CC(=O)[C@H](Cc1ccc(O)cc1)NC(=O)[C@H](CO)CC(=O)[C@H](Cc1c[nH]c2ccccc12)NC(=O)[C@@H](CC(=O)[C@@H]1CCC(=O)N1)Cc1cnc[nH]1)CC(C)C. The molecule has 13 N–H and O–H groups in total. The lowest BCUT2D eigenvalue weighted by Crippen LogP contribution is -2.50. The van der Waals surface area contributed by atoms with Crippen molar-refractivity contribution in [1.82, 2.24) is 41.1 Å². The van der Waals surface area contributed by atoms with E-state index in [1.165, 1.54) is 24.7 Å². The number of rotatable bonds is 38. The first-order valence-electron chi connectivity index (χ1n) is 32.1. The molecule has 0 bridgehead atoms. The van der Waals surface area contributed by atoms with E-state index >= 15 is 0 Å². The van der Waals surface area contributed by atoms with Crippen molar-refractivity contribution in [3.05, 3.63) is 84.1 Å². The Hall–Kier alpha value is -8.61. The van der Waals surface area contributed by atoms with Gasteiger partial charge in [0, 0.05) is 112 Å². The number of guanidine groups is 1. The number of carbonyl (C=O) groups excluding carboxylic acids is 10. The number of phenols is 1. The number of imidazole rings is 1. The average Bonchev–Trinajstić information content (AvgIpc) is 1.73. The summed E-state index contributed by atoms with van der Waals surface area (Å²) >= 11 is 0. The fourth-order valence-corrected chi connectivity index (χ4v) is 11.8. The molecule has 2 saturated heterocycles. The minimum absolute atomic E-state index is 0.0279. The number of nitrogens with two attached hydrogens (primary N) is 2. The maximum absolute atomic E-state index is 14.8. The number of carboxylic acid groups (broad SMARTS) is 1. The van der Waals surface area contributed by atoms with Crippen LogP contribution in [0.1, 0.15) is 155 Å². The van der Waals surface area contributed by atoms with Gasteiger partial charge in [0.25, 0.3) is 0 Å². The number of phenolic OH excluding ortho intramolecular Hbond substituents is 1. The first-order chi connectivity index (χ1) is 43.8. The Labute approximate surface area is 537 Å². The molecular formula is C67H95N11O14. The summed E-state index contributed by atoms with van der Waals surface area (Å²) in [5.74, 6) is -10.1. The number of aromatic hydroxyl groups is 1. The van der Waals surface area contributed by atoms with E-state index in [0.717, 1.165) is 10.9 Å². The van der Waals surface area contributed by atoms with Gasteiger partial charge in [-0.15, -0.1) is 0 Å². The second-order valence-electron chi connectivity index (χ2n) is 25.1. The van der Waals surface area contributed by atoms with Crippen molar-refractivity contribution in [1.29, 1.82) is 0 Å². The van der Waals surface area contributed by atoms with Crippen molar-refractivity contribution >= 4 is 81.3 Å². The minimum Gasteiger partial charge on any atom is -0.508 e. The maximum Gasteiger partial charge on any atom is 0.303 e. The van der Waals surface area contributed by atoms with E-state index in [4.69, 9.17) is 16.6 Å². The Morgan fingerprint density at radius 3 is 1.93 bits per heavy atom. The summed E-state index contributed by atoms with van der Waals surface area (Å²) in [6.07, 6.45) is 6.81. The van der Waals surface area contributed by atoms with Crippen molar-refractivity contribution in [2.45, 2.75) is 187 Å². The molecule has 0 aliphatic carbocycles. The van der Waals surface area contributed by atoms with Crippen molar-refractivity contribution in [3.63, 3.8) is 0 Å². The maximum atomic E-state index is 14.8. The largest absolute Gasteiger partial charge is 0.508 e. The number of para-hydroxylation sites is 1. The average molecular weight is 1280 g/mol. The van der Waals surface area contributed by atoms with Gasteiger partial charge in [0.2, 0.25) is 29.5 Å². The minimum atomic E-state index is -1.45. The molecule has 92 heavy (non-hydrogen) atoms. The number of H-pyrrole nitrogens is 2. The second-order valence-corrected chi connectivity index (χ2v) is 25.1. The van der Waals surface area contributed by atoms with Crippen LogP contribution in [0.3, 0.4) is 0 Å². The molecule has 4 aromatic rings. The molecule has 0 unspecified atom stereocenters. The van der Waals surface area contributed by atoms with E-state index in [1.54, 1.807) is 30.2 Å². The molecule has 2 aliphatic rings. The number of ketones is 5. The Kier molecular flexibility index (Phi) is 29.8. The third kappa shape index (κ3) is 23.6. The van der Waals surface area contributed by atoms with E-state index in [0.29, 0.717) is 55.5 Å². The number of benzene rings is 2. The van der Waals surface area contributed by atoms with E-state index in [9.17, 15) is 63.0 Å². The van der Waals surface area contributed by atoms with Crippen molar-refractivity contribution in [3.8, 4) is 5.75 Å². The number of aromatic amines is 2. The van der Waals surface area contributed by atoms with Crippen LogP contribution in [-0.4, -0.2) is 155 Å². The fourth-order valence-electron chi connectivity index (χ4n) is 11.8. The number of likely N-dealkylation sites (tertiary alicyclic amines) is 1. The quantitative estimate of drug-likeness (QED) is 0.0165. The number of Topliss-reactive ketones (excluding diaryl/α,β-unsaturated/α-hetero) is 5. The number of nitrogens with one attached hydrogen (secondary N) is 6. The number of carboxylic acids is 1. The van der Waals surface area contributed by atoms with Crippen LogP contribution in [0.4, 0.5) is 0 Å². The number of aliphatic carboxylic acids is 1. The molecule has 2 aromatic heterocycles. The van der Waals surface area contributed by atoms with Crippen LogP contribution >= 0.6 is 0 Å². The number of hydrogen-bond acceptors (Lipinski definition) is 15. The number of aliphatic hydroxyl groups is 1. The summed E-state index contributed by atoms with van der Waals surface area (Å²) in [6.45, 7) is 10.8. The summed E-state index contributed by atoms with van der Waals surface area (Å²) in [7, 11) is 0. The summed E-state index contributed by atoms with van der Waals surface area (Å²) in [6, 6.07) is 8.26. The highest BCUT2D eigenvalue weighted by molar-refractivity contribution is 5.99. The number of aliphatic hydroxyl groups excluding tert-OH is 1. The Balaban J connectivity index is 0.00000295. The van der Waals surface area contributed by atoms with Gasteiger partial charge < -0.3 is 62.9 Å². The Morgan fingerprint density at radius 1 is 0.728 bits per heavy atom. The van der Waals surface area contributed by atoms with E-state index in [1.807, 2.05) is 58.9 Å². The summed E-state index contributed by atoms with van der Waals surface area (Å²) in [4.78, 5) is 166. The fraction of sp³-hybridized carbons (Fsp3) is 0.567. The van der Waals surface area contributed by atoms with Gasteiger partial charge in [-0.25, -0.2) is 4.98 Å². The third-order valence-electron chi connectivity index (χ3n) is 16.6. The zero-order valence-electron chi connectivity index (χ0n) is 53.9. The molecule has 0 radical (unpaired) electrons. The number of carbonyl (C=O) groups is 11. The smallest absolute Gasteiger partial charge is 0.303 e. The summed E-state index contributed by atoms with van der Waals surface area (Å²) < 4.78 is 0. The first kappa shape index (κ1) is 74.1. The molecule has 502 valence electrons. The molecule has 2 aliphatic heterocycles. The number of nitrogens with zero attached hydrogens (tertiary/aromatic N) is 3. The zero-order valence-corrected chi connectivity index (χ0v) is 53.9. The Bertz CT molecular complexity index is 3170. The van der Waals surface area contributed by atoms with Gasteiger partial charge in [0.05, 0.1) is 55.0 Å². The lowest BCUT2D eigenvalue weighted by molar-refractivity contribution is -0.143. The molecule has 0 saturated carbocycles. The van der Waals surface area contributed by atoms with Gasteiger partial charge in [0.15, 0.2) is 34.9 Å². The van der Waals surface area contributed by atoms with Crippen molar-refractivity contribution < 1.29 is 68.1 Å². The highest BCUT2D eigenvalue weighted by Crippen LogP contribution is 2.28.